The minimum atomic E-state index is -0.200. The third kappa shape index (κ3) is 7.00. The summed E-state index contributed by atoms with van der Waals surface area (Å²) in [4.78, 5) is 2.39. The van der Waals surface area contributed by atoms with Gasteiger partial charge < -0.3 is 10.2 Å². The maximum atomic E-state index is 3.70. The third-order valence-corrected chi connectivity index (χ3v) is 11.9. The first kappa shape index (κ1) is 36.0. The van der Waals surface area contributed by atoms with E-state index in [-0.39, 0.29) is 5.41 Å². The van der Waals surface area contributed by atoms with Crippen molar-refractivity contribution in [2.45, 2.75) is 19.3 Å². The molecule has 9 aromatic rings. The van der Waals surface area contributed by atoms with Gasteiger partial charge in [0.25, 0.3) is 0 Å². The Morgan fingerprint density at radius 3 is 1.07 bits per heavy atom. The van der Waals surface area contributed by atoms with E-state index in [1.165, 1.54) is 66.8 Å². The molecule has 0 fully saturated rings. The van der Waals surface area contributed by atoms with Crippen LogP contribution in [0.2, 0.25) is 0 Å². The highest BCUT2D eigenvalue weighted by molar-refractivity contribution is 5.87. The van der Waals surface area contributed by atoms with Crippen LogP contribution in [0.25, 0.3) is 55.6 Å². The van der Waals surface area contributed by atoms with Crippen LogP contribution in [0.4, 0.5) is 28.4 Å². The van der Waals surface area contributed by atoms with E-state index in [0.717, 1.165) is 28.4 Å². The Hall–Kier alpha value is -7.42. The van der Waals surface area contributed by atoms with Gasteiger partial charge in [-0.15, -0.1) is 0 Å². The quantitative estimate of drug-likeness (QED) is 0.158. The Balaban J connectivity index is 0.933. The van der Waals surface area contributed by atoms with Gasteiger partial charge >= 0.3 is 0 Å². The highest BCUT2D eigenvalue weighted by Crippen LogP contribution is 2.51. The van der Waals surface area contributed by atoms with E-state index in [1.807, 2.05) is 0 Å². The monoisotopic (exact) mass is 756 g/mol. The van der Waals surface area contributed by atoms with Gasteiger partial charge in [-0.3, -0.25) is 0 Å². The molecule has 1 aliphatic rings. The van der Waals surface area contributed by atoms with Crippen molar-refractivity contribution in [3.63, 3.8) is 0 Å². The molecule has 0 aliphatic heterocycles. The lowest BCUT2D eigenvalue weighted by Gasteiger charge is -2.28. The minimum absolute atomic E-state index is 0.200. The van der Waals surface area contributed by atoms with Gasteiger partial charge in [-0.25, -0.2) is 0 Å². The lowest BCUT2D eigenvalue weighted by Crippen LogP contribution is -2.16. The first-order chi connectivity index (χ1) is 29.0. The summed E-state index contributed by atoms with van der Waals surface area (Å²) in [7, 11) is 0. The number of anilines is 5. The van der Waals surface area contributed by atoms with Crippen LogP contribution in [0.15, 0.2) is 224 Å². The minimum Gasteiger partial charge on any atom is -0.356 e. The van der Waals surface area contributed by atoms with Crippen LogP contribution >= 0.6 is 0 Å². The van der Waals surface area contributed by atoms with E-state index < -0.39 is 0 Å². The van der Waals surface area contributed by atoms with Crippen molar-refractivity contribution in [1.82, 2.24) is 0 Å². The van der Waals surface area contributed by atoms with E-state index in [1.54, 1.807) is 0 Å². The van der Waals surface area contributed by atoms with Crippen molar-refractivity contribution in [3.05, 3.63) is 236 Å². The number of rotatable bonds is 9. The largest absolute Gasteiger partial charge is 0.356 e. The summed E-state index contributed by atoms with van der Waals surface area (Å²) in [5.74, 6) is 0. The van der Waals surface area contributed by atoms with Crippen molar-refractivity contribution in [1.29, 1.82) is 0 Å². The lowest BCUT2D eigenvalue weighted by molar-refractivity contribution is 0.660. The van der Waals surface area contributed by atoms with Gasteiger partial charge in [0.15, 0.2) is 0 Å². The Bertz CT molecular complexity index is 2780. The van der Waals surface area contributed by atoms with Crippen molar-refractivity contribution < 1.29 is 0 Å². The highest BCUT2D eigenvalue weighted by Gasteiger charge is 2.36. The van der Waals surface area contributed by atoms with Gasteiger partial charge in [-0.2, -0.15) is 0 Å². The molecule has 0 atom stereocenters. The molecular weight excluding hydrogens is 713 g/mol. The number of fused-ring (bicyclic) bond motifs is 3. The van der Waals surface area contributed by atoms with Crippen LogP contribution in [-0.2, 0) is 5.41 Å². The number of hydrogen-bond acceptors (Lipinski definition) is 2. The molecule has 0 radical (unpaired) electrons. The van der Waals surface area contributed by atoms with E-state index in [4.69, 9.17) is 0 Å². The Labute approximate surface area is 347 Å². The highest BCUT2D eigenvalue weighted by atomic mass is 15.1. The molecule has 0 amide bonds. The molecule has 2 heteroatoms. The Morgan fingerprint density at radius 2 is 0.627 bits per heavy atom. The molecule has 1 N–H and O–H groups in total. The van der Waals surface area contributed by atoms with Crippen molar-refractivity contribution >= 4 is 28.4 Å². The lowest BCUT2D eigenvalue weighted by atomic mass is 9.82. The van der Waals surface area contributed by atoms with E-state index in [0.29, 0.717) is 0 Å². The second-order valence-corrected chi connectivity index (χ2v) is 15.9. The number of nitrogens with one attached hydrogen (secondary N) is 1. The Morgan fingerprint density at radius 1 is 0.305 bits per heavy atom. The van der Waals surface area contributed by atoms with Crippen LogP contribution in [0.1, 0.15) is 25.0 Å². The molecule has 10 rings (SSSR count). The molecule has 0 heterocycles. The summed E-state index contributed by atoms with van der Waals surface area (Å²) >= 11 is 0. The molecule has 9 aromatic carbocycles. The molecule has 2 nitrogen and oxygen atoms in total. The first-order valence-corrected chi connectivity index (χ1v) is 20.4. The van der Waals surface area contributed by atoms with Crippen LogP contribution < -0.4 is 10.2 Å². The van der Waals surface area contributed by atoms with Crippen molar-refractivity contribution in [2.75, 3.05) is 10.2 Å². The van der Waals surface area contributed by atoms with E-state index in [9.17, 15) is 0 Å². The summed E-state index contributed by atoms with van der Waals surface area (Å²) < 4.78 is 0. The molecule has 0 saturated carbocycles. The summed E-state index contributed by atoms with van der Waals surface area (Å²) in [6, 6.07) is 81.0. The maximum Gasteiger partial charge on any atom is 0.0465 e. The fourth-order valence-corrected chi connectivity index (χ4v) is 8.66. The molecular formula is C57H44N2. The fourth-order valence-electron chi connectivity index (χ4n) is 8.66. The predicted molar refractivity (Wildman–Crippen MR) is 250 cm³/mol. The summed E-state index contributed by atoms with van der Waals surface area (Å²) in [6.45, 7) is 4.72. The SMILES string of the molecule is CC1(C)c2cc(Nc3ccc(-c4ccc(-c5ccccc5)cc4)cc3)ccc2-c2ccc(N(c3ccc(-c4ccccc4)cc3)c3ccc(-c4ccccc4)cc3)cc21. The van der Waals surface area contributed by atoms with Gasteiger partial charge in [0, 0.05) is 33.9 Å². The fraction of sp³-hybridized carbons (Fsp3) is 0.0526. The second-order valence-electron chi connectivity index (χ2n) is 15.9. The maximum absolute atomic E-state index is 3.70. The van der Waals surface area contributed by atoms with Crippen molar-refractivity contribution in [3.8, 4) is 55.6 Å². The molecule has 282 valence electrons. The molecule has 0 saturated heterocycles. The zero-order valence-electron chi connectivity index (χ0n) is 33.3. The van der Waals surface area contributed by atoms with Gasteiger partial charge in [0.2, 0.25) is 0 Å². The topological polar surface area (TPSA) is 15.3 Å². The molecule has 0 unspecified atom stereocenters. The van der Waals surface area contributed by atoms with Gasteiger partial charge in [0.1, 0.15) is 0 Å². The van der Waals surface area contributed by atoms with Crippen LogP contribution in [0, 0.1) is 0 Å². The van der Waals surface area contributed by atoms with E-state index >= 15 is 0 Å². The first-order valence-electron chi connectivity index (χ1n) is 20.4. The van der Waals surface area contributed by atoms with E-state index in [2.05, 4.69) is 249 Å². The zero-order valence-corrected chi connectivity index (χ0v) is 33.3. The normalized spacial score (nSPS) is 12.4. The number of nitrogens with zero attached hydrogens (tertiary/aromatic N) is 1. The van der Waals surface area contributed by atoms with Crippen LogP contribution in [0.3, 0.4) is 0 Å². The summed E-state index contributed by atoms with van der Waals surface area (Å²) in [5.41, 5.74) is 20.3. The molecule has 0 spiro atoms. The average molecular weight is 757 g/mol. The molecule has 0 bridgehead atoms. The molecule has 1 aliphatic carbocycles. The summed E-state index contributed by atoms with van der Waals surface area (Å²) in [6.07, 6.45) is 0. The predicted octanol–water partition coefficient (Wildman–Crippen LogP) is 15.9. The number of benzene rings is 9. The number of hydrogen-bond donors (Lipinski definition) is 1. The smallest absolute Gasteiger partial charge is 0.0465 e. The Kier molecular flexibility index (Phi) is 9.24. The van der Waals surface area contributed by atoms with Gasteiger partial charge in [-0.1, -0.05) is 178 Å². The molecule has 59 heavy (non-hydrogen) atoms. The third-order valence-electron chi connectivity index (χ3n) is 11.9. The summed E-state index contributed by atoms with van der Waals surface area (Å²) in [5, 5.41) is 3.70. The van der Waals surface area contributed by atoms with Crippen LogP contribution in [0.5, 0.6) is 0 Å². The average Bonchev–Trinajstić information content (AvgIpc) is 3.52. The molecule has 0 aromatic heterocycles. The van der Waals surface area contributed by atoms with Crippen molar-refractivity contribution in [2.24, 2.45) is 0 Å². The standard InChI is InChI=1S/C57H44N2/c1-57(2)55-38-49(58-48-28-22-45(23-29-48)44-20-18-43(19-21-44)40-12-6-3-7-13-40)30-36-53(55)54-37-35-52(39-56(54)57)59(50-31-24-46(25-32-50)41-14-8-4-9-15-41)51-33-26-47(27-34-51)42-16-10-5-11-17-42/h3-39,58H,1-2H3. The van der Waals surface area contributed by atoms with Crippen LogP contribution in [-0.4, -0.2) is 0 Å². The van der Waals surface area contributed by atoms with Gasteiger partial charge in [0.05, 0.1) is 0 Å². The zero-order chi connectivity index (χ0) is 39.8. The second kappa shape index (κ2) is 15.2. The van der Waals surface area contributed by atoms with Gasteiger partial charge in [-0.05, 0) is 127 Å².